The second-order valence-corrected chi connectivity index (χ2v) is 6.64. The van der Waals surface area contributed by atoms with Crippen LogP contribution in [0.2, 0.25) is 0 Å². The first kappa shape index (κ1) is 19.9. The van der Waals surface area contributed by atoms with Crippen molar-refractivity contribution in [2.24, 2.45) is 0 Å². The largest absolute Gasteiger partial charge is 0.494 e. The number of fused-ring (bicyclic) bond motifs is 1. The number of ether oxygens (including phenoxy) is 1. The molecule has 0 aliphatic carbocycles. The van der Waals surface area contributed by atoms with Crippen LogP contribution in [0.1, 0.15) is 13.8 Å². The van der Waals surface area contributed by atoms with E-state index in [9.17, 15) is 4.79 Å². The monoisotopic (exact) mass is 400 g/mol. The lowest BCUT2D eigenvalue weighted by Crippen LogP contribution is -2.30. The van der Waals surface area contributed by atoms with Gasteiger partial charge in [0.1, 0.15) is 5.75 Å². The highest BCUT2D eigenvalue weighted by Gasteiger charge is 2.16. The summed E-state index contributed by atoms with van der Waals surface area (Å²) in [5, 5.41) is 6.46. The smallest absolute Gasteiger partial charge is 0.319 e. The Morgan fingerprint density at radius 2 is 1.93 bits per heavy atom. The topological polar surface area (TPSA) is 81.3 Å². The molecule has 28 heavy (non-hydrogen) atoms. The molecule has 0 radical (unpaired) electrons. The van der Waals surface area contributed by atoms with Crippen LogP contribution in [0.3, 0.4) is 0 Å². The summed E-state index contributed by atoms with van der Waals surface area (Å²) in [6.07, 6.45) is 0. The lowest BCUT2D eigenvalue weighted by atomic mass is 10.1. The zero-order valence-corrected chi connectivity index (χ0v) is 16.8. The molecule has 2 aromatic carbocycles. The number of hydrogen-bond acceptors (Lipinski definition) is 3. The van der Waals surface area contributed by atoms with Crippen LogP contribution in [-0.4, -0.2) is 29.6 Å². The van der Waals surface area contributed by atoms with E-state index < -0.39 is 0 Å². The molecular formula is C21H25ClN4O2. The van der Waals surface area contributed by atoms with E-state index in [4.69, 9.17) is 22.1 Å². The van der Waals surface area contributed by atoms with Gasteiger partial charge < -0.3 is 25.7 Å². The van der Waals surface area contributed by atoms with Gasteiger partial charge in [-0.1, -0.05) is 12.1 Å². The normalized spacial score (nSPS) is 10.8. The molecule has 0 unspecified atom stereocenters. The van der Waals surface area contributed by atoms with Gasteiger partial charge in [-0.25, -0.2) is 4.79 Å². The molecule has 0 saturated carbocycles. The lowest BCUT2D eigenvalue weighted by molar-refractivity contribution is 0.252. The number of alkyl halides is 1. The first-order valence-electron chi connectivity index (χ1n) is 9.34. The minimum absolute atomic E-state index is 0.279. The highest BCUT2D eigenvalue weighted by atomic mass is 35.5. The van der Waals surface area contributed by atoms with Crippen LogP contribution in [0.4, 0.5) is 16.2 Å². The second-order valence-electron chi connectivity index (χ2n) is 6.27. The Labute approximate surface area is 169 Å². The summed E-state index contributed by atoms with van der Waals surface area (Å²) in [6.45, 7) is 5.87. The zero-order valence-electron chi connectivity index (χ0n) is 16.1. The van der Waals surface area contributed by atoms with Crippen molar-refractivity contribution >= 4 is 39.9 Å². The molecule has 0 aliphatic heterocycles. The van der Waals surface area contributed by atoms with Crippen LogP contribution in [0.5, 0.6) is 5.75 Å². The van der Waals surface area contributed by atoms with Crippen molar-refractivity contribution in [3.05, 3.63) is 42.5 Å². The van der Waals surface area contributed by atoms with E-state index in [-0.39, 0.29) is 6.03 Å². The molecule has 1 heterocycles. The highest BCUT2D eigenvalue weighted by molar-refractivity contribution is 6.18. The van der Waals surface area contributed by atoms with Crippen molar-refractivity contribution in [1.29, 1.82) is 0 Å². The Bertz CT molecular complexity index is 967. The van der Waals surface area contributed by atoms with Crippen molar-refractivity contribution in [3.8, 4) is 17.0 Å². The Morgan fingerprint density at radius 1 is 1.18 bits per heavy atom. The molecular weight excluding hydrogens is 376 g/mol. The number of hydrogen-bond donors (Lipinski definition) is 3. The summed E-state index contributed by atoms with van der Waals surface area (Å²) in [7, 11) is 0. The van der Waals surface area contributed by atoms with Crippen LogP contribution in [0.25, 0.3) is 22.2 Å². The SMILES string of the molecule is CCOc1ccc2c(N)c(-c3ccc(NC(=O)NCCCl)cc3)n(CC)c2c1. The fraction of sp³-hybridized carbons (Fsp3) is 0.286. The molecule has 7 heteroatoms. The average molecular weight is 401 g/mol. The van der Waals surface area contributed by atoms with Gasteiger partial charge in [-0.2, -0.15) is 0 Å². The molecule has 4 N–H and O–H groups in total. The molecule has 0 bridgehead atoms. The van der Waals surface area contributed by atoms with E-state index in [1.54, 1.807) is 0 Å². The van der Waals surface area contributed by atoms with Gasteiger partial charge >= 0.3 is 6.03 Å². The molecule has 0 fully saturated rings. The molecule has 0 saturated heterocycles. The number of aryl methyl sites for hydroxylation is 1. The third-order valence-electron chi connectivity index (χ3n) is 4.50. The zero-order chi connectivity index (χ0) is 20.1. The minimum Gasteiger partial charge on any atom is -0.494 e. The van der Waals surface area contributed by atoms with Crippen molar-refractivity contribution in [1.82, 2.24) is 9.88 Å². The Balaban J connectivity index is 1.94. The molecule has 6 nitrogen and oxygen atoms in total. The molecule has 3 aromatic rings. The van der Waals surface area contributed by atoms with E-state index in [1.165, 1.54) is 0 Å². The number of urea groups is 1. The van der Waals surface area contributed by atoms with Gasteiger partial charge in [0.25, 0.3) is 0 Å². The lowest BCUT2D eigenvalue weighted by Gasteiger charge is -2.11. The summed E-state index contributed by atoms with van der Waals surface area (Å²) in [5.74, 6) is 1.20. The third-order valence-corrected chi connectivity index (χ3v) is 4.69. The van der Waals surface area contributed by atoms with Crippen LogP contribution < -0.4 is 21.1 Å². The maximum atomic E-state index is 11.8. The van der Waals surface area contributed by atoms with Gasteiger partial charge in [0, 0.05) is 41.7 Å². The molecule has 1 aromatic heterocycles. The van der Waals surface area contributed by atoms with Gasteiger partial charge in [-0.3, -0.25) is 0 Å². The van der Waals surface area contributed by atoms with Crippen molar-refractivity contribution in [2.45, 2.75) is 20.4 Å². The number of nitrogen functional groups attached to an aromatic ring is 1. The van der Waals surface area contributed by atoms with E-state index in [2.05, 4.69) is 22.1 Å². The standard InChI is InChI=1S/C21H25ClN4O2/c1-3-26-18-13-16(28-4-2)9-10-17(18)19(23)20(26)14-5-7-15(8-6-14)25-21(27)24-12-11-22/h5-10,13H,3-4,11-12,23H2,1-2H3,(H2,24,25,27). The van der Waals surface area contributed by atoms with Crippen molar-refractivity contribution < 1.29 is 9.53 Å². The number of carbonyl (C=O) groups excluding carboxylic acids is 1. The van der Waals surface area contributed by atoms with Crippen LogP contribution >= 0.6 is 11.6 Å². The summed E-state index contributed by atoms with van der Waals surface area (Å²) in [5.41, 5.74) is 10.9. The number of halogens is 1. The van der Waals surface area contributed by atoms with Crippen LogP contribution in [0.15, 0.2) is 42.5 Å². The number of nitrogens with one attached hydrogen (secondary N) is 2. The minimum atomic E-state index is -0.279. The van der Waals surface area contributed by atoms with Gasteiger partial charge in [0.2, 0.25) is 0 Å². The molecule has 3 rings (SSSR count). The number of nitrogens with zero attached hydrogens (tertiary/aromatic N) is 1. The number of anilines is 2. The summed E-state index contributed by atoms with van der Waals surface area (Å²) in [4.78, 5) is 11.8. The highest BCUT2D eigenvalue weighted by Crippen LogP contribution is 2.38. The van der Waals surface area contributed by atoms with Gasteiger partial charge in [-0.05, 0) is 38.1 Å². The molecule has 2 amide bonds. The maximum absolute atomic E-state index is 11.8. The van der Waals surface area contributed by atoms with Gasteiger partial charge in [-0.15, -0.1) is 11.6 Å². The Kier molecular flexibility index (Phi) is 6.31. The first-order chi connectivity index (χ1) is 13.6. The van der Waals surface area contributed by atoms with Crippen molar-refractivity contribution in [3.63, 3.8) is 0 Å². The average Bonchev–Trinajstić information content (AvgIpc) is 2.98. The van der Waals surface area contributed by atoms with Crippen LogP contribution in [-0.2, 0) is 6.54 Å². The number of benzene rings is 2. The molecule has 0 aliphatic rings. The number of aromatic nitrogens is 1. The third kappa shape index (κ3) is 4.02. The fourth-order valence-electron chi connectivity index (χ4n) is 3.30. The van der Waals surface area contributed by atoms with Gasteiger partial charge in [0.15, 0.2) is 0 Å². The number of rotatable bonds is 7. The predicted octanol–water partition coefficient (Wildman–Crippen LogP) is 4.67. The molecule has 0 atom stereocenters. The quantitative estimate of drug-likeness (QED) is 0.504. The molecule has 148 valence electrons. The van der Waals surface area contributed by atoms with Crippen molar-refractivity contribution in [2.75, 3.05) is 30.1 Å². The van der Waals surface area contributed by atoms with E-state index in [0.29, 0.717) is 24.7 Å². The van der Waals surface area contributed by atoms with E-state index in [1.807, 2.05) is 49.4 Å². The number of amides is 2. The number of carbonyl (C=O) groups is 1. The number of nitrogens with two attached hydrogens (primary N) is 1. The predicted molar refractivity (Wildman–Crippen MR) is 116 cm³/mol. The fourth-order valence-corrected chi connectivity index (χ4v) is 3.39. The summed E-state index contributed by atoms with van der Waals surface area (Å²) < 4.78 is 7.82. The van der Waals surface area contributed by atoms with E-state index >= 15 is 0 Å². The summed E-state index contributed by atoms with van der Waals surface area (Å²) >= 11 is 5.58. The second kappa shape index (κ2) is 8.89. The molecule has 0 spiro atoms. The van der Waals surface area contributed by atoms with Crippen LogP contribution in [0, 0.1) is 0 Å². The van der Waals surface area contributed by atoms with E-state index in [0.717, 1.165) is 40.1 Å². The van der Waals surface area contributed by atoms with Gasteiger partial charge in [0.05, 0.1) is 23.5 Å². The first-order valence-corrected chi connectivity index (χ1v) is 9.88. The Hall–Kier alpha value is -2.86. The Morgan fingerprint density at radius 3 is 2.57 bits per heavy atom. The maximum Gasteiger partial charge on any atom is 0.319 e. The summed E-state index contributed by atoms with van der Waals surface area (Å²) in [6, 6.07) is 13.3.